The Balaban J connectivity index is 1.74. The number of allylic oxidation sites excluding steroid dienone is 1. The molecule has 1 unspecified atom stereocenters. The van der Waals surface area contributed by atoms with Gasteiger partial charge in [-0.05, 0) is 41.3 Å². The molecule has 3 aromatic rings. The standard InChI is InChI=1S/C20H18N4O/c25-13-3-11-23-12-10-16-4-1-2-5-19(16)20(23)17-6-8-18(9-7-17)24-15-21-14-22-24/h1-9,11,13-15,20H,10,12H2. The van der Waals surface area contributed by atoms with E-state index in [2.05, 4.69) is 51.4 Å². The Labute approximate surface area is 146 Å². The zero-order valence-electron chi connectivity index (χ0n) is 13.7. The molecule has 0 spiro atoms. The Kier molecular flexibility index (Phi) is 4.12. The summed E-state index contributed by atoms with van der Waals surface area (Å²) in [6, 6.07) is 16.9. The Hall–Kier alpha value is -3.21. The number of nitrogens with zero attached hydrogens (tertiary/aromatic N) is 4. The van der Waals surface area contributed by atoms with Gasteiger partial charge in [-0.3, -0.25) is 4.79 Å². The molecule has 5 heteroatoms. The third-order valence-corrected chi connectivity index (χ3v) is 4.57. The van der Waals surface area contributed by atoms with E-state index in [4.69, 9.17) is 0 Å². The maximum absolute atomic E-state index is 10.8. The van der Waals surface area contributed by atoms with E-state index < -0.39 is 0 Å². The van der Waals surface area contributed by atoms with Crippen molar-refractivity contribution in [1.29, 1.82) is 0 Å². The van der Waals surface area contributed by atoms with Crippen LogP contribution in [0.15, 0.2) is 73.5 Å². The van der Waals surface area contributed by atoms with Gasteiger partial charge in [-0.25, -0.2) is 9.67 Å². The van der Waals surface area contributed by atoms with Gasteiger partial charge in [-0.2, -0.15) is 5.10 Å². The average molecular weight is 330 g/mol. The minimum Gasteiger partial charge on any atom is -0.366 e. The van der Waals surface area contributed by atoms with E-state index in [0.29, 0.717) is 0 Å². The highest BCUT2D eigenvalue weighted by atomic mass is 16.1. The molecule has 5 nitrogen and oxygen atoms in total. The third-order valence-electron chi connectivity index (χ3n) is 4.57. The van der Waals surface area contributed by atoms with E-state index in [0.717, 1.165) is 24.9 Å². The first-order valence-electron chi connectivity index (χ1n) is 8.27. The van der Waals surface area contributed by atoms with E-state index in [1.807, 2.05) is 18.3 Å². The number of hydrogen-bond donors (Lipinski definition) is 0. The number of benzene rings is 2. The van der Waals surface area contributed by atoms with Gasteiger partial charge in [-0.1, -0.05) is 36.4 Å². The fourth-order valence-corrected chi connectivity index (χ4v) is 3.41. The highest BCUT2D eigenvalue weighted by Gasteiger charge is 2.26. The number of rotatable bonds is 4. The number of carbonyl (C=O) groups excluding carboxylic acids is 1. The Morgan fingerprint density at radius 3 is 2.68 bits per heavy atom. The van der Waals surface area contributed by atoms with Crippen LogP contribution in [0.4, 0.5) is 0 Å². The smallest absolute Gasteiger partial charge is 0.144 e. The summed E-state index contributed by atoms with van der Waals surface area (Å²) in [4.78, 5) is 17.0. The molecule has 0 bridgehead atoms. The first-order valence-corrected chi connectivity index (χ1v) is 8.27. The second-order valence-electron chi connectivity index (χ2n) is 6.00. The predicted octanol–water partition coefficient (Wildman–Crippen LogP) is 2.93. The Bertz CT molecular complexity index is 884. The molecule has 0 radical (unpaired) electrons. The largest absolute Gasteiger partial charge is 0.366 e. The second-order valence-corrected chi connectivity index (χ2v) is 6.00. The highest BCUT2D eigenvalue weighted by Crippen LogP contribution is 2.35. The molecular weight excluding hydrogens is 312 g/mol. The van der Waals surface area contributed by atoms with Crippen LogP contribution < -0.4 is 0 Å². The number of aldehydes is 1. The van der Waals surface area contributed by atoms with Gasteiger partial charge in [0.25, 0.3) is 0 Å². The topological polar surface area (TPSA) is 51.0 Å². The average Bonchev–Trinajstić information content (AvgIpc) is 3.21. The van der Waals surface area contributed by atoms with Gasteiger partial charge in [0.1, 0.15) is 18.9 Å². The Morgan fingerprint density at radius 1 is 1.08 bits per heavy atom. The van der Waals surface area contributed by atoms with Crippen LogP contribution in [0.25, 0.3) is 5.69 Å². The summed E-state index contributed by atoms with van der Waals surface area (Å²) in [5.41, 5.74) is 4.81. The Morgan fingerprint density at radius 2 is 1.92 bits per heavy atom. The van der Waals surface area contributed by atoms with E-state index in [-0.39, 0.29) is 6.04 Å². The van der Waals surface area contributed by atoms with Gasteiger partial charge in [0.15, 0.2) is 0 Å². The van der Waals surface area contributed by atoms with Crippen molar-refractivity contribution in [2.45, 2.75) is 12.5 Å². The molecule has 0 aliphatic carbocycles. The highest BCUT2D eigenvalue weighted by molar-refractivity contribution is 5.64. The van der Waals surface area contributed by atoms with Crippen LogP contribution in [-0.2, 0) is 11.2 Å². The van der Waals surface area contributed by atoms with Gasteiger partial charge in [0.05, 0.1) is 11.7 Å². The maximum Gasteiger partial charge on any atom is 0.144 e. The molecule has 2 heterocycles. The lowest BCUT2D eigenvalue weighted by Gasteiger charge is -2.37. The van der Waals surface area contributed by atoms with Gasteiger partial charge >= 0.3 is 0 Å². The summed E-state index contributed by atoms with van der Waals surface area (Å²) >= 11 is 0. The van der Waals surface area contributed by atoms with Crippen molar-refractivity contribution in [3.63, 3.8) is 0 Å². The van der Waals surface area contributed by atoms with Crippen LogP contribution in [-0.4, -0.2) is 32.5 Å². The SMILES string of the molecule is O=CC=CN1CCc2ccccc2C1c1ccc(-n2cncn2)cc1. The van der Waals surface area contributed by atoms with Crippen LogP contribution in [0.2, 0.25) is 0 Å². The van der Waals surface area contributed by atoms with E-state index in [1.165, 1.54) is 23.0 Å². The number of hydrogen-bond acceptors (Lipinski definition) is 4. The van der Waals surface area contributed by atoms with Gasteiger partial charge in [0, 0.05) is 12.7 Å². The lowest BCUT2D eigenvalue weighted by atomic mass is 9.88. The zero-order chi connectivity index (χ0) is 17.1. The lowest BCUT2D eigenvalue weighted by molar-refractivity contribution is -0.104. The maximum atomic E-state index is 10.8. The van der Waals surface area contributed by atoms with E-state index in [9.17, 15) is 4.79 Å². The van der Waals surface area contributed by atoms with E-state index >= 15 is 0 Å². The molecule has 0 saturated heterocycles. The van der Waals surface area contributed by atoms with Crippen molar-refractivity contribution in [2.24, 2.45) is 0 Å². The molecule has 124 valence electrons. The minimum absolute atomic E-state index is 0.103. The molecule has 0 N–H and O–H groups in total. The molecule has 2 aromatic carbocycles. The van der Waals surface area contributed by atoms with Crippen LogP contribution in [0, 0.1) is 0 Å². The summed E-state index contributed by atoms with van der Waals surface area (Å²) in [7, 11) is 0. The predicted molar refractivity (Wildman–Crippen MR) is 95.3 cm³/mol. The van der Waals surface area contributed by atoms with Gasteiger partial charge < -0.3 is 4.90 Å². The van der Waals surface area contributed by atoms with Crippen LogP contribution in [0.3, 0.4) is 0 Å². The number of carbonyl (C=O) groups is 1. The first kappa shape index (κ1) is 15.3. The van der Waals surface area contributed by atoms with Crippen molar-refractivity contribution in [3.05, 3.63) is 90.2 Å². The molecule has 1 aliphatic heterocycles. The summed E-state index contributed by atoms with van der Waals surface area (Å²) in [6.45, 7) is 0.886. The van der Waals surface area contributed by atoms with Gasteiger partial charge in [-0.15, -0.1) is 0 Å². The van der Waals surface area contributed by atoms with Crippen molar-refractivity contribution < 1.29 is 4.79 Å². The summed E-state index contributed by atoms with van der Waals surface area (Å²) in [6.07, 6.45) is 8.46. The summed E-state index contributed by atoms with van der Waals surface area (Å²) in [5.74, 6) is 0. The molecule has 1 aliphatic rings. The molecule has 1 aromatic heterocycles. The quantitative estimate of drug-likeness (QED) is 0.545. The van der Waals surface area contributed by atoms with Crippen molar-refractivity contribution in [1.82, 2.24) is 19.7 Å². The molecule has 0 fully saturated rings. The van der Waals surface area contributed by atoms with Gasteiger partial charge in [0.2, 0.25) is 0 Å². The second kappa shape index (κ2) is 6.73. The van der Waals surface area contributed by atoms with Crippen LogP contribution >= 0.6 is 0 Å². The summed E-state index contributed by atoms with van der Waals surface area (Å²) < 4.78 is 1.74. The van der Waals surface area contributed by atoms with Crippen molar-refractivity contribution in [2.75, 3.05) is 6.54 Å². The third kappa shape index (κ3) is 2.96. The number of aromatic nitrogens is 3. The molecule has 1 atom stereocenters. The fourth-order valence-electron chi connectivity index (χ4n) is 3.41. The number of fused-ring (bicyclic) bond motifs is 1. The van der Waals surface area contributed by atoms with Crippen molar-refractivity contribution in [3.8, 4) is 5.69 Å². The molecule has 4 rings (SSSR count). The monoisotopic (exact) mass is 330 g/mol. The minimum atomic E-state index is 0.103. The first-order chi connectivity index (χ1) is 12.4. The molecule has 0 amide bonds. The van der Waals surface area contributed by atoms with Crippen molar-refractivity contribution >= 4 is 6.29 Å². The zero-order valence-corrected chi connectivity index (χ0v) is 13.7. The lowest BCUT2D eigenvalue weighted by Crippen LogP contribution is -2.32. The van der Waals surface area contributed by atoms with Crippen LogP contribution in [0.1, 0.15) is 22.7 Å². The molecule has 25 heavy (non-hydrogen) atoms. The molecular formula is C20H18N4O. The summed E-state index contributed by atoms with van der Waals surface area (Å²) in [5, 5.41) is 4.17. The fraction of sp³-hybridized carbons (Fsp3) is 0.150. The normalized spacial score (nSPS) is 16.8. The molecule has 0 saturated carbocycles. The van der Waals surface area contributed by atoms with E-state index in [1.54, 1.807) is 17.1 Å². The van der Waals surface area contributed by atoms with Crippen LogP contribution in [0.5, 0.6) is 0 Å².